The topological polar surface area (TPSA) is 149 Å². The molecule has 6 aliphatic carbocycles. The van der Waals surface area contributed by atoms with E-state index in [9.17, 15) is 23.5 Å². The van der Waals surface area contributed by atoms with Gasteiger partial charge in [-0.25, -0.2) is 8.78 Å². The van der Waals surface area contributed by atoms with Crippen LogP contribution in [0.2, 0.25) is 0 Å². The zero-order chi connectivity index (χ0) is 48.7. The van der Waals surface area contributed by atoms with E-state index in [-0.39, 0.29) is 184 Å². The number of phenolic OH excluding ortho intramolecular Hbond substituents is 1. The van der Waals surface area contributed by atoms with E-state index in [2.05, 4.69) is 43.9 Å². The number of rotatable bonds is 12. The number of fused-ring (bicyclic) bond motifs is 2. The van der Waals surface area contributed by atoms with Gasteiger partial charge in [-0.05, 0) is 159 Å². The number of hydrogen-bond donors (Lipinski definition) is 2. The number of benzene rings is 4. The molecule has 11 nitrogen and oxygen atoms in total. The van der Waals surface area contributed by atoms with Gasteiger partial charge in [0.2, 0.25) is 6.16 Å². The van der Waals surface area contributed by atoms with Crippen LogP contribution in [0, 0.1) is 33.3 Å². The summed E-state index contributed by atoms with van der Waals surface area (Å²) in [5.41, 5.74) is 9.47. The molecule has 0 aromatic heterocycles. The summed E-state index contributed by atoms with van der Waals surface area (Å²) < 4.78 is 43.7. The van der Waals surface area contributed by atoms with Crippen LogP contribution in [-0.2, 0) is 56.7 Å². The Hall–Kier alpha value is -0.946. The second-order valence-electron chi connectivity index (χ2n) is 21.3. The summed E-state index contributed by atoms with van der Waals surface area (Å²) in [6.07, 6.45) is 10.8. The van der Waals surface area contributed by atoms with Crippen molar-refractivity contribution >= 4 is 34.0 Å². The number of hydrogen-bond acceptors (Lipinski definition) is 10. The Morgan fingerprint density at radius 2 is 1.08 bits per heavy atom. The third-order valence-electron chi connectivity index (χ3n) is 15.7. The van der Waals surface area contributed by atoms with Gasteiger partial charge in [0.1, 0.15) is 29.7 Å². The molecule has 0 bridgehead atoms. The largest absolute Gasteiger partial charge is 1.00 e. The van der Waals surface area contributed by atoms with Gasteiger partial charge in [0.15, 0.2) is 0 Å². The van der Waals surface area contributed by atoms with Crippen LogP contribution >= 0.6 is 15.9 Å². The molecule has 2 heterocycles. The molecule has 6 fully saturated rings. The maximum absolute atomic E-state index is 14.4. The molecule has 0 amide bonds. The quantitative estimate of drug-likeness (QED) is 0.160. The van der Waals surface area contributed by atoms with Crippen molar-refractivity contribution in [3.8, 4) is 11.5 Å². The van der Waals surface area contributed by atoms with Gasteiger partial charge in [-0.3, -0.25) is 9.59 Å². The van der Waals surface area contributed by atoms with E-state index < -0.39 is 6.16 Å². The number of carbonyl (C=O) groups is 3. The van der Waals surface area contributed by atoms with Crippen molar-refractivity contribution in [2.45, 2.75) is 101 Å². The summed E-state index contributed by atoms with van der Waals surface area (Å²) in [7, 11) is 2.98. The monoisotopic (exact) mass is 1280 g/mol. The molecule has 2 spiro atoms. The molecule has 12 rings (SSSR count). The van der Waals surface area contributed by atoms with E-state index in [1.165, 1.54) is 67.0 Å². The van der Waals surface area contributed by atoms with Crippen molar-refractivity contribution in [2.75, 3.05) is 53.5 Å². The summed E-state index contributed by atoms with van der Waals surface area (Å²) in [5.74, 6) is 2.00. The normalized spacial score (nSPS) is 20.4. The number of halogens is 3. The molecule has 71 heavy (non-hydrogen) atoms. The smallest absolute Gasteiger partial charge is 0.565 e. The number of phenols is 1. The average molecular weight is 1280 g/mol. The van der Waals surface area contributed by atoms with Gasteiger partial charge in [-0.15, -0.1) is 0 Å². The number of likely N-dealkylation sites (tertiary alicyclic amines) is 2. The van der Waals surface area contributed by atoms with E-state index in [1.54, 1.807) is 18.2 Å². The summed E-state index contributed by atoms with van der Waals surface area (Å²) in [4.78, 5) is 37.1. The van der Waals surface area contributed by atoms with E-state index in [1.807, 2.05) is 24.3 Å². The van der Waals surface area contributed by atoms with Crippen molar-refractivity contribution in [3.63, 3.8) is 0 Å². The molecular weight excluding hydrogens is 1220 g/mol. The number of carboxylic acid groups (broad SMARTS) is 2. The summed E-state index contributed by atoms with van der Waals surface area (Å²) in [5, 5.41) is 25.5. The Bertz CT molecular complexity index is 2590. The van der Waals surface area contributed by atoms with Crippen molar-refractivity contribution in [1.29, 1.82) is 0 Å². The molecule has 0 unspecified atom stereocenters. The second-order valence-corrected chi connectivity index (χ2v) is 21.8. The molecule has 368 valence electrons. The zero-order valence-electron chi connectivity index (χ0n) is 41.5. The van der Waals surface area contributed by atoms with Crippen molar-refractivity contribution in [3.05, 3.63) is 129 Å². The molecule has 16 heteroatoms. The summed E-state index contributed by atoms with van der Waals surface area (Å²) in [6, 6.07) is 22.9. The number of aromatic hydroxyl groups is 1. The van der Waals surface area contributed by atoms with Crippen LogP contribution in [0.1, 0.15) is 108 Å². The van der Waals surface area contributed by atoms with E-state index in [0.717, 1.165) is 120 Å². The molecule has 4 saturated carbocycles. The predicted octanol–water partition coefficient (Wildman–Crippen LogP) is 2.88. The Balaban J connectivity index is 0.000000163. The third kappa shape index (κ3) is 13.8. The Labute approximate surface area is 541 Å². The third-order valence-corrected chi connectivity index (χ3v) is 16.3. The van der Waals surface area contributed by atoms with Crippen LogP contribution < -0.4 is 148 Å². The molecule has 4 aromatic rings. The maximum atomic E-state index is 14.4. The fourth-order valence-electron chi connectivity index (χ4n) is 11.8. The minimum absolute atomic E-state index is 0. The van der Waals surface area contributed by atoms with Gasteiger partial charge in [0, 0.05) is 66.6 Å². The molecule has 8 aliphatic rings. The molecular formula is C55H62BrCs2F2N2O9+. The first-order valence-corrected chi connectivity index (χ1v) is 25.4. The number of ether oxygens (including phenoxy) is 3. The molecule has 2 saturated heterocycles. The van der Waals surface area contributed by atoms with Crippen LogP contribution in [0.25, 0.3) is 0 Å². The SMILES string of the molecule is COC(=O)C1(CN2CC3(Cc4ccc(O)cc4C3)C2)CC1.COC(=O)C1(CN2CC3(Cc4ccc(OCc5c(F)cccc5C5CC5)cc4C3)C2)CC1.Fc1cccc(C2CC2)c1CBr.O=C([O-])O.[Cs+].[Cs+]. The molecule has 4 aromatic carbocycles. The first-order chi connectivity index (χ1) is 33.1. The fourth-order valence-corrected chi connectivity index (χ4v) is 12.4. The van der Waals surface area contributed by atoms with Crippen molar-refractivity contribution in [1.82, 2.24) is 9.80 Å². The van der Waals surface area contributed by atoms with Gasteiger partial charge in [0.05, 0.1) is 25.0 Å². The number of nitrogens with zero attached hydrogens (tertiary/aromatic N) is 2. The summed E-state index contributed by atoms with van der Waals surface area (Å²) in [6.45, 7) is 6.16. The van der Waals surface area contributed by atoms with Crippen LogP contribution in [0.3, 0.4) is 0 Å². The molecule has 2 N–H and O–H groups in total. The minimum Gasteiger partial charge on any atom is -0.565 e. The van der Waals surface area contributed by atoms with Gasteiger partial charge in [0.25, 0.3) is 0 Å². The Kier molecular flexibility index (Phi) is 19.7. The van der Waals surface area contributed by atoms with Gasteiger partial charge in [-0.2, -0.15) is 0 Å². The number of alkyl halides is 1. The number of methoxy groups -OCH3 is 2. The van der Waals surface area contributed by atoms with Crippen LogP contribution in [-0.4, -0.2) is 91.6 Å². The van der Waals surface area contributed by atoms with Crippen molar-refractivity contribution in [2.24, 2.45) is 21.7 Å². The maximum Gasteiger partial charge on any atom is 1.00 e. The Morgan fingerprint density at radius 1 is 0.662 bits per heavy atom. The standard InChI is InChI=1S/C27H30FNO3.C17H21NO3.C10H10BrF.CH2O3.2Cs/c1-31-25(30)27(9-10-27)17-29-15-26(16-29)12-19-7-8-21(11-20(19)13-26)32-14-23-22(18-5-6-18)3-2-4-24(23)28;1-21-15(20)17(4-5-17)11-18-9-16(10-18)7-12-2-3-14(19)6-13(12)8-16;11-6-9-8(7-4-5-7)2-1-3-10(9)12;2-1(3)4;;/h2-4,7-8,11,18H,5-6,9-10,12-17H2,1H3;2-3,6,19H,4-5,7-11H2,1H3;1-3,7H,4-6H2;(H2,2,3,4);;/q;;;;2*+1/p-1. The fraction of sp³-hybridized carbons (Fsp3) is 0.509. The van der Waals surface area contributed by atoms with Gasteiger partial charge >= 0.3 is 150 Å². The number of esters is 2. The molecule has 0 radical (unpaired) electrons. The summed E-state index contributed by atoms with van der Waals surface area (Å²) >= 11 is 3.32. The van der Waals surface area contributed by atoms with Crippen LogP contribution in [0.15, 0.2) is 72.8 Å². The van der Waals surface area contributed by atoms with Crippen molar-refractivity contribution < 1.29 is 190 Å². The molecule has 2 aliphatic heterocycles. The zero-order valence-corrected chi connectivity index (χ0v) is 55.7. The average Bonchev–Trinajstić information content (AvgIpc) is 4.09. The molecule has 0 atom stereocenters. The van der Waals surface area contributed by atoms with Gasteiger partial charge < -0.3 is 44.1 Å². The van der Waals surface area contributed by atoms with E-state index in [4.69, 9.17) is 29.2 Å². The first kappa shape index (κ1) is 57.8. The van der Waals surface area contributed by atoms with E-state index >= 15 is 0 Å². The van der Waals surface area contributed by atoms with Gasteiger partial charge in [-0.1, -0.05) is 52.3 Å². The second kappa shape index (κ2) is 24.2. The van der Waals surface area contributed by atoms with Crippen LogP contribution in [0.4, 0.5) is 13.6 Å². The predicted molar refractivity (Wildman–Crippen MR) is 256 cm³/mol. The minimum atomic E-state index is -2.08. The first-order valence-electron chi connectivity index (χ1n) is 24.3. The number of carbonyl (C=O) groups excluding carboxylic acids is 2. The van der Waals surface area contributed by atoms with Crippen LogP contribution in [0.5, 0.6) is 11.5 Å². The van der Waals surface area contributed by atoms with E-state index in [0.29, 0.717) is 33.9 Å². The Morgan fingerprint density at radius 3 is 1.52 bits per heavy atom.